The zero-order valence-electron chi connectivity index (χ0n) is 21.6. The predicted octanol–water partition coefficient (Wildman–Crippen LogP) is 7.42. The van der Waals surface area contributed by atoms with Gasteiger partial charge in [-0.15, -0.1) is 20.5 Å². The van der Waals surface area contributed by atoms with Crippen LogP contribution < -0.4 is 15.0 Å². The fourth-order valence-electron chi connectivity index (χ4n) is 5.32. The van der Waals surface area contributed by atoms with Crippen molar-refractivity contribution in [2.75, 3.05) is 5.75 Å². The Hall–Kier alpha value is -4.19. The van der Waals surface area contributed by atoms with Crippen molar-refractivity contribution >= 4 is 17.5 Å². The Kier molecular flexibility index (Phi) is 6.64. The van der Waals surface area contributed by atoms with E-state index in [9.17, 15) is 35.9 Å². The Morgan fingerprint density at radius 3 is 2.43 bits per heavy atom. The number of hydrogen-bond donors (Lipinski definition) is 0. The molecular formula is C30H19F6NO4S. The lowest BCUT2D eigenvalue weighted by Crippen LogP contribution is -2.31. The Morgan fingerprint density at radius 2 is 1.71 bits per heavy atom. The number of carbonyl (C=O) groups is 1. The minimum atomic E-state index is -4.86. The van der Waals surface area contributed by atoms with E-state index in [4.69, 9.17) is 0 Å². The number of nitrogens with zero attached hydrogens (tertiary/aromatic N) is 1. The summed E-state index contributed by atoms with van der Waals surface area (Å²) in [5, 5.41) is 0.235. The molecule has 1 unspecified atom stereocenters. The van der Waals surface area contributed by atoms with Gasteiger partial charge in [-0.1, -0.05) is 42.5 Å². The molecule has 0 fully saturated rings. The van der Waals surface area contributed by atoms with Crippen LogP contribution in [0.3, 0.4) is 0 Å². The number of pyridine rings is 1. The number of aromatic nitrogens is 1. The highest BCUT2D eigenvalue weighted by atomic mass is 32.2. The summed E-state index contributed by atoms with van der Waals surface area (Å²) in [4.78, 5) is 27.6. The lowest BCUT2D eigenvalue weighted by atomic mass is 9.92. The van der Waals surface area contributed by atoms with Crippen LogP contribution in [0.4, 0.5) is 26.3 Å². The molecular weight excluding hydrogens is 584 g/mol. The van der Waals surface area contributed by atoms with E-state index in [-0.39, 0.29) is 44.5 Å². The lowest BCUT2D eigenvalue weighted by Gasteiger charge is -2.21. The maximum atomic E-state index is 15.0. The number of Topliss-reactive ketones (excluding diaryl/α,β-unsaturated/α-hetero) is 1. The predicted molar refractivity (Wildman–Crippen MR) is 142 cm³/mol. The molecule has 5 nitrogen and oxygen atoms in total. The molecule has 12 heteroatoms. The van der Waals surface area contributed by atoms with Crippen LogP contribution in [0.1, 0.15) is 38.7 Å². The quantitative estimate of drug-likeness (QED) is 0.176. The number of thioether (sulfide) groups is 1. The normalized spacial score (nSPS) is 16.9. The molecule has 216 valence electrons. The van der Waals surface area contributed by atoms with Gasteiger partial charge in [-0.2, -0.15) is 13.2 Å². The Bertz CT molecular complexity index is 1800. The van der Waals surface area contributed by atoms with Crippen LogP contribution in [0.25, 0.3) is 11.1 Å². The highest BCUT2D eigenvalue weighted by molar-refractivity contribution is 7.99. The van der Waals surface area contributed by atoms with Crippen molar-refractivity contribution in [2.45, 2.75) is 36.9 Å². The van der Waals surface area contributed by atoms with Gasteiger partial charge in [0.05, 0.1) is 16.2 Å². The number of halogens is 6. The summed E-state index contributed by atoms with van der Waals surface area (Å²) in [7, 11) is 0. The van der Waals surface area contributed by atoms with E-state index in [1.54, 1.807) is 30.3 Å². The molecule has 42 heavy (non-hydrogen) atoms. The molecule has 0 amide bonds. The van der Waals surface area contributed by atoms with E-state index >= 15 is 0 Å². The number of fused-ring (bicyclic) bond motifs is 2. The van der Waals surface area contributed by atoms with Crippen LogP contribution >= 0.6 is 11.8 Å². The van der Waals surface area contributed by atoms with Crippen molar-refractivity contribution in [1.82, 2.24) is 4.57 Å². The van der Waals surface area contributed by atoms with Gasteiger partial charge in [0.15, 0.2) is 17.3 Å². The van der Waals surface area contributed by atoms with E-state index < -0.39 is 53.2 Å². The van der Waals surface area contributed by atoms with E-state index in [1.807, 2.05) is 0 Å². The Morgan fingerprint density at radius 1 is 1.00 bits per heavy atom. The van der Waals surface area contributed by atoms with Crippen molar-refractivity contribution in [3.63, 3.8) is 0 Å². The molecule has 4 aromatic rings. The number of hydrogen-bond acceptors (Lipinski definition) is 5. The third-order valence-electron chi connectivity index (χ3n) is 7.26. The summed E-state index contributed by atoms with van der Waals surface area (Å²) in [5.41, 5.74) is -1.63. The summed E-state index contributed by atoms with van der Waals surface area (Å²) < 4.78 is 94.3. The van der Waals surface area contributed by atoms with Crippen LogP contribution in [-0.4, -0.2) is 22.4 Å². The number of alkyl halides is 5. The molecule has 1 aromatic heterocycles. The highest BCUT2D eigenvalue weighted by Gasteiger charge is 2.44. The van der Waals surface area contributed by atoms with Gasteiger partial charge in [-0.05, 0) is 47.9 Å². The van der Waals surface area contributed by atoms with Gasteiger partial charge in [0.1, 0.15) is 11.9 Å². The number of carbonyl (C=O) groups excluding carboxylic acids is 1. The first-order valence-electron chi connectivity index (χ1n) is 12.6. The smallest absolute Gasteiger partial charge is 0.395 e. The van der Waals surface area contributed by atoms with Gasteiger partial charge in [-0.25, -0.2) is 4.39 Å². The number of ketones is 1. The van der Waals surface area contributed by atoms with Gasteiger partial charge in [0.2, 0.25) is 0 Å². The SMILES string of the molecule is Cc1c(Cc2c(F)cccc2C(F)(F)F)c2n(c(=O)c1-c1ccc3c(c1)OC(F)(F)O3)C(C(=O)c1ccccc1)CS2. The molecule has 6 rings (SSSR count). The number of rotatable bonds is 5. The molecule has 0 saturated carbocycles. The lowest BCUT2D eigenvalue weighted by molar-refractivity contribution is -0.286. The second kappa shape index (κ2) is 9.97. The van der Waals surface area contributed by atoms with E-state index in [0.29, 0.717) is 5.56 Å². The minimum Gasteiger partial charge on any atom is -0.395 e. The van der Waals surface area contributed by atoms with Gasteiger partial charge in [0.25, 0.3) is 5.56 Å². The van der Waals surface area contributed by atoms with Crippen LogP contribution in [0.2, 0.25) is 0 Å². The average molecular weight is 604 g/mol. The molecule has 3 aromatic carbocycles. The third-order valence-corrected chi connectivity index (χ3v) is 8.45. The Balaban J connectivity index is 1.58. The standard InChI is InChI=1S/C30H19F6NO4S/c1-15-18(13-19-20(29(32,33)34)8-5-9-21(19)31)28-37(22(14-42-28)26(38)16-6-3-2-4-7-16)27(39)25(15)17-10-11-23-24(12-17)41-30(35,36)40-23/h2-12,22H,13-14H2,1H3. The monoisotopic (exact) mass is 603 g/mol. The topological polar surface area (TPSA) is 57.5 Å². The summed E-state index contributed by atoms with van der Waals surface area (Å²) in [6.45, 7) is 1.49. The first-order valence-corrected chi connectivity index (χ1v) is 13.6. The molecule has 0 radical (unpaired) electrons. The summed E-state index contributed by atoms with van der Waals surface area (Å²) in [5.74, 6) is -1.98. The van der Waals surface area contributed by atoms with Crippen molar-refractivity contribution < 1.29 is 40.6 Å². The number of benzene rings is 3. The molecule has 0 spiro atoms. The van der Waals surface area contributed by atoms with Gasteiger partial charge >= 0.3 is 12.5 Å². The van der Waals surface area contributed by atoms with Gasteiger partial charge in [0, 0.05) is 23.3 Å². The Labute approximate surface area is 238 Å². The van der Waals surface area contributed by atoms with Crippen LogP contribution in [-0.2, 0) is 12.6 Å². The van der Waals surface area contributed by atoms with E-state index in [0.717, 1.165) is 36.0 Å². The van der Waals surface area contributed by atoms with E-state index in [2.05, 4.69) is 9.47 Å². The highest BCUT2D eigenvalue weighted by Crippen LogP contribution is 2.45. The van der Waals surface area contributed by atoms with Crippen molar-refractivity contribution in [3.8, 4) is 22.6 Å². The van der Waals surface area contributed by atoms with Crippen LogP contribution in [0, 0.1) is 12.7 Å². The second-order valence-electron chi connectivity index (χ2n) is 9.79. The first kappa shape index (κ1) is 28.0. The fourth-order valence-corrected chi connectivity index (χ4v) is 6.69. The molecule has 3 heterocycles. The molecule has 0 bridgehead atoms. The molecule has 0 saturated heterocycles. The van der Waals surface area contributed by atoms with Gasteiger partial charge < -0.3 is 9.47 Å². The average Bonchev–Trinajstić information content (AvgIpc) is 3.51. The van der Waals surface area contributed by atoms with Crippen molar-refractivity contribution in [2.24, 2.45) is 0 Å². The van der Waals surface area contributed by atoms with E-state index in [1.165, 1.54) is 23.6 Å². The largest absolute Gasteiger partial charge is 0.586 e. The maximum Gasteiger partial charge on any atom is 0.586 e. The van der Waals surface area contributed by atoms with Gasteiger partial charge in [-0.3, -0.25) is 14.2 Å². The van der Waals surface area contributed by atoms with Crippen molar-refractivity contribution in [3.05, 3.63) is 111 Å². The first-order chi connectivity index (χ1) is 19.9. The molecule has 2 aliphatic rings. The molecule has 1 atom stereocenters. The minimum absolute atomic E-state index is 0.0476. The van der Waals surface area contributed by atoms with Crippen LogP contribution in [0.5, 0.6) is 11.5 Å². The van der Waals surface area contributed by atoms with Crippen molar-refractivity contribution in [1.29, 1.82) is 0 Å². The zero-order chi connectivity index (χ0) is 30.0. The maximum absolute atomic E-state index is 15.0. The molecule has 2 aliphatic heterocycles. The zero-order valence-corrected chi connectivity index (χ0v) is 22.4. The van der Waals surface area contributed by atoms with Crippen LogP contribution in [0.15, 0.2) is 76.6 Å². The summed E-state index contributed by atoms with van der Waals surface area (Å²) in [6.07, 6.45) is -9.32. The summed E-state index contributed by atoms with van der Waals surface area (Å²) >= 11 is 1.11. The molecule has 0 aliphatic carbocycles. The second-order valence-corrected chi connectivity index (χ2v) is 10.8. The fraction of sp³-hybridized carbons (Fsp3) is 0.200. The number of ether oxygens (including phenoxy) is 2. The third kappa shape index (κ3) is 4.73. The molecule has 0 N–H and O–H groups in total. The summed E-state index contributed by atoms with van der Waals surface area (Å²) in [6, 6.07) is 13.5.